The summed E-state index contributed by atoms with van der Waals surface area (Å²) in [6.45, 7) is 1.54. The Hall–Kier alpha value is -3.55. The van der Waals surface area contributed by atoms with Crippen molar-refractivity contribution in [2.45, 2.75) is 69.3 Å². The minimum atomic E-state index is -3.80. The van der Waals surface area contributed by atoms with Crippen LogP contribution >= 0.6 is 0 Å². The van der Waals surface area contributed by atoms with Crippen molar-refractivity contribution >= 4 is 27.0 Å². The molecule has 0 saturated carbocycles. The summed E-state index contributed by atoms with van der Waals surface area (Å²) >= 11 is 0. The maximum Gasteiger partial charge on any atom is 0.268 e. The number of ether oxygens (including phenoxy) is 3. The van der Waals surface area contributed by atoms with E-state index in [9.17, 15) is 8.42 Å². The van der Waals surface area contributed by atoms with Gasteiger partial charge in [-0.1, -0.05) is 81.0 Å². The summed E-state index contributed by atoms with van der Waals surface area (Å²) in [5, 5.41) is 0.870. The first-order valence-electron chi connectivity index (χ1n) is 14.9. The second-order valence-corrected chi connectivity index (χ2v) is 12.3. The summed E-state index contributed by atoms with van der Waals surface area (Å²) in [5.41, 5.74) is 2.70. The molecule has 0 radical (unpaired) electrons. The maximum absolute atomic E-state index is 13.6. The molecule has 0 aliphatic heterocycles. The lowest BCUT2D eigenvalue weighted by Gasteiger charge is -2.09. The topological polar surface area (TPSA) is 66.8 Å². The Labute approximate surface area is 251 Å². The quantitative estimate of drug-likeness (QED) is 0.109. The highest BCUT2D eigenvalue weighted by Gasteiger charge is 2.21. The Kier molecular flexibility index (Phi) is 12.1. The maximum atomic E-state index is 13.6. The number of fused-ring (bicyclic) bond motifs is 1. The lowest BCUT2D eigenvalue weighted by molar-refractivity contribution is 0.116. The van der Waals surface area contributed by atoms with Crippen LogP contribution in [-0.4, -0.2) is 33.2 Å². The van der Waals surface area contributed by atoms with Crippen LogP contribution in [0.2, 0.25) is 0 Å². The van der Waals surface area contributed by atoms with Crippen LogP contribution in [0, 0.1) is 0 Å². The van der Waals surface area contributed by atoms with Gasteiger partial charge in [0.25, 0.3) is 10.0 Å². The second kappa shape index (κ2) is 16.2. The molecule has 0 aliphatic rings. The van der Waals surface area contributed by atoms with Crippen molar-refractivity contribution in [3.8, 4) is 11.5 Å². The minimum Gasteiger partial charge on any atom is -0.497 e. The molecule has 6 nitrogen and oxygen atoms in total. The molecule has 4 rings (SSSR count). The monoisotopic (exact) mass is 589 g/mol. The molecule has 0 bridgehead atoms. The fourth-order valence-corrected chi connectivity index (χ4v) is 6.39. The summed E-state index contributed by atoms with van der Waals surface area (Å²) in [6.07, 6.45) is 16.6. The molecule has 0 fully saturated rings. The Morgan fingerprint density at radius 2 is 1.38 bits per heavy atom. The molecule has 0 amide bonds. The molecule has 0 atom stereocenters. The average Bonchev–Trinajstić information content (AvgIpc) is 3.40. The highest BCUT2D eigenvalue weighted by molar-refractivity contribution is 7.90. The van der Waals surface area contributed by atoms with Gasteiger partial charge in [-0.05, 0) is 61.2 Å². The van der Waals surface area contributed by atoms with E-state index in [1.165, 1.54) is 48.1 Å². The van der Waals surface area contributed by atoms with Crippen LogP contribution < -0.4 is 9.47 Å². The third-order valence-electron chi connectivity index (χ3n) is 7.44. The summed E-state index contributed by atoms with van der Waals surface area (Å²) < 4.78 is 44.8. The summed E-state index contributed by atoms with van der Waals surface area (Å²) in [4.78, 5) is 0.204. The zero-order valence-corrected chi connectivity index (χ0v) is 25.7. The number of allylic oxidation sites excluding steroid dienone is 1. The molecular formula is C35H43NO5S. The SMILES string of the molecule is COc1ccc(S(=O)(=O)n2cc(C=CCCCCCCCCCCOCc3ccccc3)c3ccc(OC)cc32)cc1. The van der Waals surface area contributed by atoms with E-state index >= 15 is 0 Å². The lowest BCUT2D eigenvalue weighted by atomic mass is 10.1. The third kappa shape index (κ3) is 8.73. The predicted molar refractivity (Wildman–Crippen MR) is 171 cm³/mol. The van der Waals surface area contributed by atoms with E-state index < -0.39 is 10.0 Å². The molecule has 0 spiro atoms. The van der Waals surface area contributed by atoms with Crippen LogP contribution in [0.3, 0.4) is 0 Å². The standard InChI is InChI=1S/C35H43NO5S/c1-39-31-19-22-33(23-20-31)42(37,38)36-27-30(34-24-21-32(40-2)26-35(34)36)18-14-9-7-5-3-4-6-8-10-15-25-41-28-29-16-12-11-13-17-29/h11-14,16-24,26-27H,3-10,15,25,28H2,1-2H3. The van der Waals surface area contributed by atoms with E-state index in [1.54, 1.807) is 50.7 Å². The number of benzene rings is 3. The second-order valence-electron chi connectivity index (χ2n) is 10.5. The van der Waals surface area contributed by atoms with E-state index in [4.69, 9.17) is 14.2 Å². The molecule has 0 aliphatic carbocycles. The molecule has 3 aromatic carbocycles. The third-order valence-corrected chi connectivity index (χ3v) is 9.13. The summed E-state index contributed by atoms with van der Waals surface area (Å²) in [6, 6.07) is 22.3. The Morgan fingerprint density at radius 3 is 2.07 bits per heavy atom. The van der Waals surface area contributed by atoms with Gasteiger partial charge in [0.05, 0.1) is 31.2 Å². The van der Waals surface area contributed by atoms with Crippen molar-refractivity contribution in [2.24, 2.45) is 0 Å². The minimum absolute atomic E-state index is 0.204. The van der Waals surface area contributed by atoms with Crippen LogP contribution in [-0.2, 0) is 21.4 Å². The van der Waals surface area contributed by atoms with E-state index in [0.29, 0.717) is 23.6 Å². The van der Waals surface area contributed by atoms with E-state index in [1.807, 2.05) is 36.4 Å². The fraction of sp³-hybridized carbons (Fsp3) is 0.371. The van der Waals surface area contributed by atoms with Gasteiger partial charge in [0.1, 0.15) is 11.5 Å². The highest BCUT2D eigenvalue weighted by atomic mass is 32.2. The van der Waals surface area contributed by atoms with Crippen molar-refractivity contribution in [2.75, 3.05) is 20.8 Å². The van der Waals surface area contributed by atoms with Crippen molar-refractivity contribution in [3.63, 3.8) is 0 Å². The molecule has 4 aromatic rings. The van der Waals surface area contributed by atoms with Crippen molar-refractivity contribution in [1.29, 1.82) is 0 Å². The Morgan fingerprint density at radius 1 is 0.738 bits per heavy atom. The van der Waals surface area contributed by atoms with Gasteiger partial charge in [0, 0.05) is 29.8 Å². The molecular weight excluding hydrogens is 546 g/mol. The highest BCUT2D eigenvalue weighted by Crippen LogP contribution is 2.30. The molecule has 0 saturated heterocycles. The van der Waals surface area contributed by atoms with Crippen LogP contribution in [0.4, 0.5) is 0 Å². The van der Waals surface area contributed by atoms with E-state index in [2.05, 4.69) is 18.2 Å². The zero-order valence-electron chi connectivity index (χ0n) is 24.8. The van der Waals surface area contributed by atoms with Crippen LogP contribution in [0.1, 0.15) is 68.9 Å². The predicted octanol–water partition coefficient (Wildman–Crippen LogP) is 8.64. The summed E-state index contributed by atoms with van der Waals surface area (Å²) in [5.74, 6) is 1.22. The van der Waals surface area contributed by atoms with Crippen LogP contribution in [0.25, 0.3) is 17.0 Å². The van der Waals surface area contributed by atoms with E-state index in [-0.39, 0.29) is 4.90 Å². The average molecular weight is 590 g/mol. The first-order valence-corrected chi connectivity index (χ1v) is 16.3. The number of methoxy groups -OCH3 is 2. The van der Waals surface area contributed by atoms with Gasteiger partial charge in [-0.15, -0.1) is 0 Å². The van der Waals surface area contributed by atoms with Gasteiger partial charge in [-0.3, -0.25) is 0 Å². The Balaban J connectivity index is 1.21. The zero-order chi connectivity index (χ0) is 29.6. The molecule has 0 N–H and O–H groups in total. The largest absolute Gasteiger partial charge is 0.497 e. The number of hydrogen-bond donors (Lipinski definition) is 0. The van der Waals surface area contributed by atoms with Gasteiger partial charge in [0.2, 0.25) is 0 Å². The fourth-order valence-electron chi connectivity index (χ4n) is 5.02. The summed E-state index contributed by atoms with van der Waals surface area (Å²) in [7, 11) is -0.662. The smallest absolute Gasteiger partial charge is 0.268 e. The van der Waals surface area contributed by atoms with Gasteiger partial charge >= 0.3 is 0 Å². The van der Waals surface area contributed by atoms with Crippen LogP contribution in [0.15, 0.2) is 90.0 Å². The molecule has 0 unspecified atom stereocenters. The van der Waals surface area contributed by atoms with E-state index in [0.717, 1.165) is 36.8 Å². The van der Waals surface area contributed by atoms with Gasteiger partial charge in [-0.25, -0.2) is 12.4 Å². The number of nitrogens with zero attached hydrogens (tertiary/aromatic N) is 1. The molecule has 1 heterocycles. The molecule has 224 valence electrons. The number of aromatic nitrogens is 1. The van der Waals surface area contributed by atoms with Crippen molar-refractivity contribution < 1.29 is 22.6 Å². The first kappa shape index (κ1) is 31.4. The molecule has 7 heteroatoms. The van der Waals surface area contributed by atoms with Crippen LogP contribution in [0.5, 0.6) is 11.5 Å². The van der Waals surface area contributed by atoms with Crippen molar-refractivity contribution in [3.05, 3.63) is 96.2 Å². The Bertz CT molecular complexity index is 1510. The van der Waals surface area contributed by atoms with Gasteiger partial charge in [0.15, 0.2) is 0 Å². The molecule has 42 heavy (non-hydrogen) atoms. The van der Waals surface area contributed by atoms with Crippen molar-refractivity contribution in [1.82, 2.24) is 3.97 Å². The lowest BCUT2D eigenvalue weighted by Crippen LogP contribution is -2.11. The number of unbranched alkanes of at least 4 members (excludes halogenated alkanes) is 8. The van der Waals surface area contributed by atoms with Gasteiger partial charge < -0.3 is 14.2 Å². The normalized spacial score (nSPS) is 11.9. The first-order chi connectivity index (χ1) is 20.5. The number of rotatable bonds is 18. The van der Waals surface area contributed by atoms with Gasteiger partial charge in [-0.2, -0.15) is 0 Å². The number of hydrogen-bond acceptors (Lipinski definition) is 5. The molecule has 1 aromatic heterocycles.